The van der Waals surface area contributed by atoms with Gasteiger partial charge in [0.15, 0.2) is 0 Å². The van der Waals surface area contributed by atoms with Gasteiger partial charge < -0.3 is 15.0 Å². The molecule has 0 aliphatic carbocycles. The molecule has 0 spiro atoms. The largest absolute Gasteiger partial charge is 0.474 e. The quantitative estimate of drug-likeness (QED) is 0.835. The molecule has 0 unspecified atom stereocenters. The molecule has 0 aromatic heterocycles. The normalized spacial score (nSPS) is 21.6. The van der Waals surface area contributed by atoms with Crippen molar-refractivity contribution >= 4 is 15.7 Å². The summed E-state index contributed by atoms with van der Waals surface area (Å²) in [5.41, 5.74) is 1.67. The van der Waals surface area contributed by atoms with Gasteiger partial charge in [0.05, 0.1) is 5.69 Å². The van der Waals surface area contributed by atoms with Gasteiger partial charge in [0.25, 0.3) is 10.0 Å². The van der Waals surface area contributed by atoms with Crippen LogP contribution in [0.2, 0.25) is 0 Å². The van der Waals surface area contributed by atoms with E-state index in [0.717, 1.165) is 44.7 Å². The maximum Gasteiger partial charge on any atom is 0.268 e. The molecule has 0 amide bonds. The summed E-state index contributed by atoms with van der Waals surface area (Å²) in [6.07, 6.45) is 0.912. The van der Waals surface area contributed by atoms with Gasteiger partial charge in [-0.15, -0.1) is 0 Å². The van der Waals surface area contributed by atoms with Crippen molar-refractivity contribution in [2.75, 3.05) is 43.4 Å². The lowest BCUT2D eigenvalue weighted by molar-refractivity contribution is 0.244. The van der Waals surface area contributed by atoms with Crippen molar-refractivity contribution in [2.24, 2.45) is 0 Å². The fourth-order valence-electron chi connectivity index (χ4n) is 2.50. The van der Waals surface area contributed by atoms with Crippen LogP contribution < -0.4 is 14.8 Å². The van der Waals surface area contributed by atoms with E-state index in [9.17, 15) is 8.42 Å². The number of anilines is 1. The monoisotopic (exact) mass is 297 g/mol. The predicted octanol–water partition coefficient (Wildman–Crippen LogP) is 0.226. The summed E-state index contributed by atoms with van der Waals surface area (Å²) in [4.78, 5) is 2.41. The Labute approximate surface area is 119 Å². The van der Waals surface area contributed by atoms with Gasteiger partial charge in [-0.3, -0.25) is 4.72 Å². The second-order valence-electron chi connectivity index (χ2n) is 5.15. The highest BCUT2D eigenvalue weighted by molar-refractivity contribution is 7.92. The van der Waals surface area contributed by atoms with E-state index in [4.69, 9.17) is 4.74 Å². The molecule has 6 nitrogen and oxygen atoms in total. The molecule has 2 heterocycles. The molecule has 110 valence electrons. The van der Waals surface area contributed by atoms with Crippen molar-refractivity contribution in [1.29, 1.82) is 0 Å². The number of ether oxygens (including phenoxy) is 1. The Morgan fingerprint density at radius 3 is 2.85 bits per heavy atom. The van der Waals surface area contributed by atoms with E-state index in [-0.39, 0.29) is 5.94 Å². The Morgan fingerprint density at radius 1 is 1.25 bits per heavy atom. The highest BCUT2D eigenvalue weighted by Crippen LogP contribution is 2.30. The lowest BCUT2D eigenvalue weighted by Crippen LogP contribution is -2.44. The van der Waals surface area contributed by atoms with E-state index >= 15 is 0 Å². The Bertz CT molecular complexity index is 583. The fraction of sp³-hybridized carbons (Fsp3) is 0.538. The summed E-state index contributed by atoms with van der Waals surface area (Å²) in [5, 5.41) is 3.33. The third-order valence-electron chi connectivity index (χ3n) is 3.61. The first-order chi connectivity index (χ1) is 9.62. The molecule has 2 aliphatic rings. The van der Waals surface area contributed by atoms with Crippen LogP contribution in [-0.2, 0) is 16.4 Å². The van der Waals surface area contributed by atoms with Gasteiger partial charge in [0.2, 0.25) is 5.94 Å². The minimum absolute atomic E-state index is 0.305. The highest BCUT2D eigenvalue weighted by Gasteiger charge is 2.21. The molecule has 1 aromatic carbocycles. The highest BCUT2D eigenvalue weighted by atomic mass is 32.2. The van der Waals surface area contributed by atoms with E-state index in [1.807, 2.05) is 18.2 Å². The zero-order chi connectivity index (χ0) is 14.0. The van der Waals surface area contributed by atoms with Crippen LogP contribution in [0.4, 0.5) is 5.69 Å². The van der Waals surface area contributed by atoms with E-state index in [2.05, 4.69) is 14.9 Å². The molecule has 1 aromatic rings. The van der Waals surface area contributed by atoms with Crippen LogP contribution in [0.1, 0.15) is 5.56 Å². The van der Waals surface area contributed by atoms with E-state index in [1.165, 1.54) is 0 Å². The zero-order valence-corrected chi connectivity index (χ0v) is 12.1. The Morgan fingerprint density at radius 2 is 2.05 bits per heavy atom. The van der Waals surface area contributed by atoms with Crippen molar-refractivity contribution in [3.63, 3.8) is 0 Å². The molecular formula is C13H19N3O3S. The second kappa shape index (κ2) is 5.59. The lowest BCUT2D eigenvalue weighted by Gasteiger charge is -2.27. The third-order valence-corrected chi connectivity index (χ3v) is 4.56. The molecule has 0 bridgehead atoms. The van der Waals surface area contributed by atoms with Crippen LogP contribution in [0.15, 0.2) is 18.2 Å². The van der Waals surface area contributed by atoms with Gasteiger partial charge >= 0.3 is 0 Å². The first kappa shape index (κ1) is 13.7. The van der Waals surface area contributed by atoms with Crippen molar-refractivity contribution in [1.82, 2.24) is 10.2 Å². The molecule has 0 atom stereocenters. The zero-order valence-electron chi connectivity index (χ0n) is 11.3. The Kier molecular flexibility index (Phi) is 3.82. The Balaban J connectivity index is 1.66. The van der Waals surface area contributed by atoms with E-state index < -0.39 is 10.0 Å². The number of piperazine rings is 1. The van der Waals surface area contributed by atoms with Crippen molar-refractivity contribution in [2.45, 2.75) is 6.42 Å². The molecular weight excluding hydrogens is 278 g/mol. The number of nitrogens with zero attached hydrogens (tertiary/aromatic N) is 1. The molecule has 1 fully saturated rings. The van der Waals surface area contributed by atoms with E-state index in [1.54, 1.807) is 0 Å². The summed E-state index contributed by atoms with van der Waals surface area (Å²) in [7, 11) is -3.34. The van der Waals surface area contributed by atoms with Gasteiger partial charge in [-0.1, -0.05) is 6.07 Å². The number of sulfonamides is 1. The van der Waals surface area contributed by atoms with Crippen LogP contribution in [0, 0.1) is 0 Å². The van der Waals surface area contributed by atoms with Gasteiger partial charge in [0, 0.05) is 32.7 Å². The van der Waals surface area contributed by atoms with Crippen LogP contribution in [0.3, 0.4) is 0 Å². The molecule has 0 saturated carbocycles. The molecule has 7 heteroatoms. The summed E-state index contributed by atoms with van der Waals surface area (Å²) < 4.78 is 30.7. The minimum atomic E-state index is -3.34. The summed E-state index contributed by atoms with van der Waals surface area (Å²) in [6.45, 7) is 5.21. The Hall–Kier alpha value is -1.31. The smallest absolute Gasteiger partial charge is 0.268 e. The number of rotatable bonds is 3. The van der Waals surface area contributed by atoms with Crippen molar-refractivity contribution in [3.8, 4) is 5.75 Å². The first-order valence-corrected chi connectivity index (χ1v) is 8.47. The fourth-order valence-corrected chi connectivity index (χ4v) is 3.33. The summed E-state index contributed by atoms with van der Waals surface area (Å²) in [5.74, 6) is 0.297. The number of benzene rings is 1. The maximum atomic E-state index is 11.5. The predicted molar refractivity (Wildman–Crippen MR) is 77.5 cm³/mol. The van der Waals surface area contributed by atoms with Gasteiger partial charge in [-0.2, -0.15) is 0 Å². The molecule has 2 aliphatic heterocycles. The van der Waals surface area contributed by atoms with Crippen LogP contribution in [-0.4, -0.2) is 52.0 Å². The topological polar surface area (TPSA) is 70.7 Å². The van der Waals surface area contributed by atoms with Gasteiger partial charge in [-0.25, -0.2) is 8.42 Å². The van der Waals surface area contributed by atoms with Crippen LogP contribution in [0.5, 0.6) is 5.75 Å². The van der Waals surface area contributed by atoms with Crippen LogP contribution >= 0.6 is 0 Å². The van der Waals surface area contributed by atoms with Gasteiger partial charge in [0.1, 0.15) is 5.75 Å². The molecule has 2 N–H and O–H groups in total. The number of hydrogen-bond acceptors (Lipinski definition) is 5. The standard InChI is InChI=1S/C13H19N3O3S/c17-20(18)10-19-13-2-1-11(9-12(13)15-20)3-6-16-7-4-14-5-8-16/h1-2,9,14-15H,3-8,10H2. The number of nitrogens with one attached hydrogen (secondary N) is 2. The molecule has 20 heavy (non-hydrogen) atoms. The lowest BCUT2D eigenvalue weighted by atomic mass is 10.1. The molecule has 1 saturated heterocycles. The van der Waals surface area contributed by atoms with Crippen molar-refractivity contribution in [3.05, 3.63) is 23.8 Å². The van der Waals surface area contributed by atoms with E-state index in [0.29, 0.717) is 11.4 Å². The molecule has 0 radical (unpaired) electrons. The third kappa shape index (κ3) is 3.23. The average Bonchev–Trinajstić information content (AvgIpc) is 2.45. The summed E-state index contributed by atoms with van der Waals surface area (Å²) >= 11 is 0. The molecule has 3 rings (SSSR count). The number of fused-ring (bicyclic) bond motifs is 1. The minimum Gasteiger partial charge on any atom is -0.474 e. The second-order valence-corrected chi connectivity index (χ2v) is 6.82. The summed E-state index contributed by atoms with van der Waals surface area (Å²) in [6, 6.07) is 5.71. The number of hydrogen-bond donors (Lipinski definition) is 2. The first-order valence-electron chi connectivity index (χ1n) is 6.82. The maximum absolute atomic E-state index is 11.5. The van der Waals surface area contributed by atoms with Gasteiger partial charge in [-0.05, 0) is 24.1 Å². The van der Waals surface area contributed by atoms with Crippen LogP contribution in [0.25, 0.3) is 0 Å². The SMILES string of the molecule is O=S1(=O)COc2ccc(CCN3CCNCC3)cc2N1. The average molecular weight is 297 g/mol. The van der Waals surface area contributed by atoms with Crippen molar-refractivity contribution < 1.29 is 13.2 Å².